The minimum absolute atomic E-state index is 0.00523. The quantitative estimate of drug-likeness (QED) is 0.229. The summed E-state index contributed by atoms with van der Waals surface area (Å²) in [5, 5.41) is 9.24. The predicted octanol–water partition coefficient (Wildman–Crippen LogP) is 4.08. The molecule has 2 aliphatic rings. The predicted molar refractivity (Wildman–Crippen MR) is 148 cm³/mol. The minimum Gasteiger partial charge on any atom is -0.494 e. The Balaban J connectivity index is 1.23. The molecule has 0 unspecified atom stereocenters. The third-order valence-corrected chi connectivity index (χ3v) is 10.0. The zero-order valence-electron chi connectivity index (χ0n) is 21.8. The highest BCUT2D eigenvalue weighted by molar-refractivity contribution is 7.93. The summed E-state index contributed by atoms with van der Waals surface area (Å²) in [5.41, 5.74) is 5.36. The molecule has 0 spiro atoms. The number of carbonyl (C=O) groups is 2. The molecule has 3 aromatic carbocycles. The first kappa shape index (κ1) is 27.6. The molecular weight excluding hydrogens is 532 g/mol. The van der Waals surface area contributed by atoms with Crippen molar-refractivity contribution in [1.82, 2.24) is 10.4 Å². The van der Waals surface area contributed by atoms with Crippen molar-refractivity contribution in [3.63, 3.8) is 0 Å². The lowest BCUT2D eigenvalue weighted by atomic mass is 9.98. The topological polar surface area (TPSA) is 122 Å². The van der Waals surface area contributed by atoms with Crippen molar-refractivity contribution in [3.05, 3.63) is 90.5 Å². The normalized spacial score (nSPS) is 16.5. The second-order valence-corrected chi connectivity index (χ2v) is 12.0. The second kappa shape index (κ2) is 11.2. The van der Waals surface area contributed by atoms with Crippen molar-refractivity contribution in [2.24, 2.45) is 0 Å². The van der Waals surface area contributed by atoms with Gasteiger partial charge in [0.15, 0.2) is 14.6 Å². The van der Waals surface area contributed by atoms with E-state index in [1.807, 2.05) is 48.5 Å². The zero-order valence-corrected chi connectivity index (χ0v) is 22.7. The zero-order chi connectivity index (χ0) is 28.3. The van der Waals surface area contributed by atoms with Crippen LogP contribution in [0.2, 0.25) is 0 Å². The molecular formula is C30H30N2O7S. The Kier molecular flexibility index (Phi) is 7.75. The van der Waals surface area contributed by atoms with Crippen molar-refractivity contribution >= 4 is 27.3 Å². The van der Waals surface area contributed by atoms with Crippen LogP contribution in [0.15, 0.2) is 84.3 Å². The van der Waals surface area contributed by atoms with Crippen LogP contribution in [-0.2, 0) is 19.4 Å². The number of fused-ring (bicyclic) bond motifs is 1. The summed E-state index contributed by atoms with van der Waals surface area (Å²) in [6, 6.07) is 21.2. The molecule has 5 rings (SSSR count). The van der Waals surface area contributed by atoms with Crippen LogP contribution in [0.3, 0.4) is 0 Å². The van der Waals surface area contributed by atoms with E-state index in [9.17, 15) is 23.2 Å². The Bertz CT molecular complexity index is 1510. The van der Waals surface area contributed by atoms with Gasteiger partial charge in [-0.2, -0.15) is 0 Å². The van der Waals surface area contributed by atoms with Gasteiger partial charge in [0.25, 0.3) is 11.8 Å². The number of hydroxylamine groups is 1. The van der Waals surface area contributed by atoms with Gasteiger partial charge in [0.05, 0.1) is 11.5 Å². The fourth-order valence-electron chi connectivity index (χ4n) is 5.22. The van der Waals surface area contributed by atoms with Gasteiger partial charge >= 0.3 is 0 Å². The van der Waals surface area contributed by atoms with Crippen LogP contribution >= 0.6 is 0 Å². The van der Waals surface area contributed by atoms with Crippen molar-refractivity contribution in [3.8, 4) is 16.9 Å². The summed E-state index contributed by atoms with van der Waals surface area (Å²) in [4.78, 5) is 26.8. The molecule has 2 amide bonds. The van der Waals surface area contributed by atoms with Gasteiger partial charge in [0.2, 0.25) is 0 Å². The number of hydrogen-bond acceptors (Lipinski definition) is 7. The number of sulfone groups is 1. The molecule has 2 N–H and O–H groups in total. The van der Waals surface area contributed by atoms with Gasteiger partial charge in [-0.15, -0.1) is 0 Å². The number of amides is 2. The lowest BCUT2D eigenvalue weighted by Crippen LogP contribution is -2.54. The van der Waals surface area contributed by atoms with E-state index in [0.29, 0.717) is 36.6 Å². The average molecular weight is 563 g/mol. The molecule has 208 valence electrons. The van der Waals surface area contributed by atoms with Crippen LogP contribution < -0.4 is 10.2 Å². The van der Waals surface area contributed by atoms with Gasteiger partial charge in [-0.3, -0.25) is 14.8 Å². The summed E-state index contributed by atoms with van der Waals surface area (Å²) >= 11 is 0. The highest BCUT2D eigenvalue weighted by Gasteiger charge is 2.52. The third kappa shape index (κ3) is 4.90. The number of hydrogen-bond donors (Lipinski definition) is 2. The number of carbonyl (C=O) groups excluding carboxylic acids is 2. The SMILES string of the molecule is C=C1c2ccccc2C(=O)N1CCCOc1cccc(-c2ccc(S(=O)(=O)C3(C(=O)NO)CCOCC3)cc2)c1. The van der Waals surface area contributed by atoms with E-state index < -0.39 is 20.5 Å². The molecule has 2 aliphatic heterocycles. The van der Waals surface area contributed by atoms with Gasteiger partial charge in [-0.1, -0.05) is 49.0 Å². The largest absolute Gasteiger partial charge is 0.494 e. The van der Waals surface area contributed by atoms with Crippen LogP contribution in [0.4, 0.5) is 0 Å². The molecule has 40 heavy (non-hydrogen) atoms. The molecule has 0 saturated carbocycles. The van der Waals surface area contributed by atoms with Crippen LogP contribution in [0, 0.1) is 0 Å². The number of benzene rings is 3. The first-order chi connectivity index (χ1) is 19.3. The van der Waals surface area contributed by atoms with Crippen LogP contribution in [0.5, 0.6) is 5.75 Å². The Labute approximate surface area is 232 Å². The lowest BCUT2D eigenvalue weighted by molar-refractivity contribution is -0.134. The fourth-order valence-corrected chi connectivity index (χ4v) is 7.16. The average Bonchev–Trinajstić information content (AvgIpc) is 3.24. The van der Waals surface area contributed by atoms with Gasteiger partial charge in [-0.25, -0.2) is 13.9 Å². The summed E-state index contributed by atoms with van der Waals surface area (Å²) < 4.78 is 36.4. The number of rotatable bonds is 9. The summed E-state index contributed by atoms with van der Waals surface area (Å²) in [5.74, 6) is -0.356. The maximum Gasteiger partial charge on any atom is 0.265 e. The molecule has 10 heteroatoms. The molecule has 0 atom stereocenters. The second-order valence-electron chi connectivity index (χ2n) is 9.75. The highest BCUT2D eigenvalue weighted by atomic mass is 32.2. The van der Waals surface area contributed by atoms with E-state index in [2.05, 4.69) is 6.58 Å². The first-order valence-electron chi connectivity index (χ1n) is 13.0. The molecule has 3 aromatic rings. The van der Waals surface area contributed by atoms with Crippen molar-refractivity contribution in [2.75, 3.05) is 26.4 Å². The standard InChI is InChI=1S/C30H30N2O7S/c1-21-26-8-2-3-9-27(26)28(33)32(21)16-5-17-39-24-7-4-6-23(20-24)22-10-12-25(13-11-22)40(36,37)30(29(34)31-35)14-18-38-19-15-30/h2-4,6-13,20,35H,1,5,14-19H2,(H,31,34). The van der Waals surface area contributed by atoms with E-state index in [0.717, 1.165) is 16.7 Å². The first-order valence-corrected chi connectivity index (χ1v) is 14.5. The lowest BCUT2D eigenvalue weighted by Gasteiger charge is -2.34. The molecule has 2 heterocycles. The number of nitrogens with zero attached hydrogens (tertiary/aromatic N) is 1. The molecule has 0 aromatic heterocycles. The minimum atomic E-state index is -4.10. The Morgan fingerprint density at radius 3 is 2.38 bits per heavy atom. The Morgan fingerprint density at radius 2 is 1.70 bits per heavy atom. The van der Waals surface area contributed by atoms with E-state index in [1.165, 1.54) is 17.6 Å². The van der Waals surface area contributed by atoms with Crippen molar-refractivity contribution < 1.29 is 32.7 Å². The van der Waals surface area contributed by atoms with E-state index in [4.69, 9.17) is 9.47 Å². The summed E-state index contributed by atoms with van der Waals surface area (Å²) in [6.07, 6.45) is 0.523. The monoisotopic (exact) mass is 562 g/mol. The van der Waals surface area contributed by atoms with Crippen molar-refractivity contribution in [1.29, 1.82) is 0 Å². The van der Waals surface area contributed by atoms with Gasteiger partial charge in [-0.05, 0) is 60.7 Å². The van der Waals surface area contributed by atoms with Crippen LogP contribution in [-0.4, -0.2) is 61.5 Å². The third-order valence-electron chi connectivity index (χ3n) is 7.50. The molecule has 9 nitrogen and oxygen atoms in total. The van der Waals surface area contributed by atoms with E-state index >= 15 is 0 Å². The molecule has 0 radical (unpaired) electrons. The molecule has 1 saturated heterocycles. The van der Waals surface area contributed by atoms with Gasteiger partial charge in [0.1, 0.15) is 5.75 Å². The fraction of sp³-hybridized carbons (Fsp3) is 0.267. The summed E-state index contributed by atoms with van der Waals surface area (Å²) in [7, 11) is -4.10. The van der Waals surface area contributed by atoms with E-state index in [1.54, 1.807) is 17.0 Å². The smallest absolute Gasteiger partial charge is 0.265 e. The molecule has 0 bridgehead atoms. The molecule has 1 fully saturated rings. The molecule has 0 aliphatic carbocycles. The van der Waals surface area contributed by atoms with Gasteiger partial charge < -0.3 is 14.4 Å². The number of nitrogens with one attached hydrogen (secondary N) is 1. The van der Waals surface area contributed by atoms with Gasteiger partial charge in [0, 0.05) is 36.6 Å². The van der Waals surface area contributed by atoms with Crippen molar-refractivity contribution in [2.45, 2.75) is 28.9 Å². The van der Waals surface area contributed by atoms with Crippen LogP contribution in [0.1, 0.15) is 35.2 Å². The maximum atomic E-state index is 13.5. The maximum absolute atomic E-state index is 13.5. The van der Waals surface area contributed by atoms with E-state index in [-0.39, 0.29) is 36.9 Å². The Morgan fingerprint density at radius 1 is 1.00 bits per heavy atom. The van der Waals surface area contributed by atoms with Crippen LogP contribution in [0.25, 0.3) is 16.8 Å². The highest BCUT2D eigenvalue weighted by Crippen LogP contribution is 2.36. The Hall–Kier alpha value is -3.99. The summed E-state index contributed by atoms with van der Waals surface area (Å²) in [6.45, 7) is 5.16. The number of ether oxygens (including phenoxy) is 2.